The molecule has 2 heterocycles. The molecule has 4 nitrogen and oxygen atoms in total. The molecule has 0 fully saturated rings. The van der Waals surface area contributed by atoms with Crippen LogP contribution in [0.25, 0.3) is 0 Å². The van der Waals surface area contributed by atoms with Crippen LogP contribution in [0.15, 0.2) is 12.1 Å². The first-order valence-electron chi connectivity index (χ1n) is 7.23. The Bertz CT molecular complexity index is 431. The first kappa shape index (κ1) is 13.8. The zero-order valence-corrected chi connectivity index (χ0v) is 11.7. The number of fused-ring (bicyclic) bond motifs is 1. The summed E-state index contributed by atoms with van der Waals surface area (Å²) in [6, 6.07) is 4.33. The van der Waals surface area contributed by atoms with Gasteiger partial charge < -0.3 is 10.6 Å². The topological polar surface area (TPSA) is 54.0 Å². The van der Waals surface area contributed by atoms with E-state index >= 15 is 0 Å². The number of rotatable bonds is 5. The first-order chi connectivity index (χ1) is 9.29. The Hall–Kier alpha value is -1.58. The number of carbonyl (C=O) groups excluding carboxylic acids is 1. The molecule has 1 aliphatic rings. The predicted molar refractivity (Wildman–Crippen MR) is 77.3 cm³/mol. The predicted octanol–water partition coefficient (Wildman–Crippen LogP) is 2.29. The SMILES string of the molecule is CNC(=O)CCCCc1ccc2c(n1)NCCCC2. The molecule has 19 heavy (non-hydrogen) atoms. The van der Waals surface area contributed by atoms with Crippen LogP contribution in [-0.2, 0) is 17.6 Å². The van der Waals surface area contributed by atoms with Crippen LogP contribution in [-0.4, -0.2) is 24.5 Å². The third-order valence-electron chi connectivity index (χ3n) is 3.57. The highest BCUT2D eigenvalue weighted by molar-refractivity contribution is 5.75. The summed E-state index contributed by atoms with van der Waals surface area (Å²) >= 11 is 0. The Balaban J connectivity index is 1.84. The summed E-state index contributed by atoms with van der Waals surface area (Å²) in [5, 5.41) is 6.05. The van der Waals surface area contributed by atoms with E-state index in [4.69, 9.17) is 4.98 Å². The van der Waals surface area contributed by atoms with Crippen LogP contribution < -0.4 is 10.6 Å². The van der Waals surface area contributed by atoms with Crippen molar-refractivity contribution in [2.75, 3.05) is 18.9 Å². The number of anilines is 1. The van der Waals surface area contributed by atoms with Gasteiger partial charge in [0, 0.05) is 25.7 Å². The van der Waals surface area contributed by atoms with Crippen LogP contribution in [0.2, 0.25) is 0 Å². The van der Waals surface area contributed by atoms with Crippen LogP contribution in [0.4, 0.5) is 5.82 Å². The zero-order valence-electron chi connectivity index (χ0n) is 11.7. The molecule has 0 aromatic carbocycles. The number of aryl methyl sites for hydroxylation is 2. The lowest BCUT2D eigenvalue weighted by Crippen LogP contribution is -2.17. The van der Waals surface area contributed by atoms with Gasteiger partial charge in [-0.25, -0.2) is 4.98 Å². The summed E-state index contributed by atoms with van der Waals surface area (Å²) in [6.45, 7) is 1.03. The lowest BCUT2D eigenvalue weighted by Gasteiger charge is -2.09. The maximum absolute atomic E-state index is 11.1. The van der Waals surface area contributed by atoms with E-state index in [1.165, 1.54) is 18.4 Å². The van der Waals surface area contributed by atoms with Gasteiger partial charge in [0.25, 0.3) is 0 Å². The lowest BCUT2D eigenvalue weighted by molar-refractivity contribution is -0.120. The standard InChI is InChI=1S/C15H23N3O/c1-16-14(19)8-3-2-7-13-10-9-12-6-4-5-11-17-15(12)18-13/h9-10H,2-8,11H2,1H3,(H,16,19)(H,17,18). The van der Waals surface area contributed by atoms with Crippen LogP contribution in [0, 0.1) is 0 Å². The van der Waals surface area contributed by atoms with Crippen molar-refractivity contribution in [3.05, 3.63) is 23.4 Å². The van der Waals surface area contributed by atoms with Gasteiger partial charge in [-0.3, -0.25) is 4.79 Å². The van der Waals surface area contributed by atoms with Gasteiger partial charge in [-0.2, -0.15) is 0 Å². The monoisotopic (exact) mass is 261 g/mol. The summed E-state index contributed by atoms with van der Waals surface area (Å²) in [5.41, 5.74) is 2.47. The second-order valence-electron chi connectivity index (χ2n) is 5.07. The summed E-state index contributed by atoms with van der Waals surface area (Å²) in [4.78, 5) is 15.8. The van der Waals surface area contributed by atoms with Gasteiger partial charge in [-0.1, -0.05) is 6.07 Å². The molecule has 0 bridgehead atoms. The molecule has 1 aliphatic heterocycles. The van der Waals surface area contributed by atoms with Gasteiger partial charge in [0.05, 0.1) is 0 Å². The molecule has 2 rings (SSSR count). The van der Waals surface area contributed by atoms with Crippen molar-refractivity contribution in [2.45, 2.75) is 44.9 Å². The Kier molecular flexibility index (Phi) is 5.19. The van der Waals surface area contributed by atoms with Crippen molar-refractivity contribution in [3.8, 4) is 0 Å². The number of hydrogen-bond acceptors (Lipinski definition) is 3. The Labute approximate surface area is 115 Å². The third-order valence-corrected chi connectivity index (χ3v) is 3.57. The lowest BCUT2D eigenvalue weighted by atomic mass is 10.1. The van der Waals surface area contributed by atoms with Crippen molar-refractivity contribution >= 4 is 11.7 Å². The molecule has 0 saturated carbocycles. The molecular formula is C15H23N3O. The molecule has 0 unspecified atom stereocenters. The number of nitrogens with zero attached hydrogens (tertiary/aromatic N) is 1. The number of nitrogens with one attached hydrogen (secondary N) is 2. The molecule has 0 saturated heterocycles. The van der Waals surface area contributed by atoms with E-state index in [9.17, 15) is 4.79 Å². The molecule has 1 aromatic heterocycles. The van der Waals surface area contributed by atoms with Gasteiger partial charge in [-0.15, -0.1) is 0 Å². The van der Waals surface area contributed by atoms with Crippen molar-refractivity contribution in [2.24, 2.45) is 0 Å². The van der Waals surface area contributed by atoms with E-state index in [1.807, 2.05) is 0 Å². The Morgan fingerprint density at radius 1 is 1.37 bits per heavy atom. The second kappa shape index (κ2) is 7.12. The van der Waals surface area contributed by atoms with Crippen molar-refractivity contribution in [1.82, 2.24) is 10.3 Å². The van der Waals surface area contributed by atoms with E-state index in [0.29, 0.717) is 6.42 Å². The van der Waals surface area contributed by atoms with Crippen LogP contribution >= 0.6 is 0 Å². The van der Waals surface area contributed by atoms with Gasteiger partial charge >= 0.3 is 0 Å². The third kappa shape index (κ3) is 4.23. The minimum Gasteiger partial charge on any atom is -0.370 e. The van der Waals surface area contributed by atoms with E-state index < -0.39 is 0 Å². The fourth-order valence-corrected chi connectivity index (χ4v) is 2.39. The largest absolute Gasteiger partial charge is 0.370 e. The summed E-state index contributed by atoms with van der Waals surface area (Å²) < 4.78 is 0. The molecule has 0 spiro atoms. The number of unbranched alkanes of at least 4 members (excludes halogenated alkanes) is 1. The highest BCUT2D eigenvalue weighted by Crippen LogP contribution is 2.20. The van der Waals surface area contributed by atoms with Crippen LogP contribution in [0.1, 0.15) is 43.4 Å². The van der Waals surface area contributed by atoms with Gasteiger partial charge in [0.1, 0.15) is 5.82 Å². The molecule has 1 aromatic rings. The molecule has 0 aliphatic carbocycles. The first-order valence-corrected chi connectivity index (χ1v) is 7.23. The van der Waals surface area contributed by atoms with E-state index in [-0.39, 0.29) is 5.91 Å². The summed E-state index contributed by atoms with van der Waals surface area (Å²) in [7, 11) is 1.68. The number of pyridine rings is 1. The number of amides is 1. The molecule has 4 heteroatoms. The number of aromatic nitrogens is 1. The van der Waals surface area contributed by atoms with E-state index in [0.717, 1.165) is 43.7 Å². The fourth-order valence-electron chi connectivity index (χ4n) is 2.39. The van der Waals surface area contributed by atoms with Gasteiger partial charge in [-0.05, 0) is 50.2 Å². The highest BCUT2D eigenvalue weighted by Gasteiger charge is 2.09. The average Bonchev–Trinajstić information content (AvgIpc) is 2.68. The average molecular weight is 261 g/mol. The van der Waals surface area contributed by atoms with Gasteiger partial charge in [0.2, 0.25) is 5.91 Å². The molecule has 0 radical (unpaired) electrons. The maximum atomic E-state index is 11.1. The summed E-state index contributed by atoms with van der Waals surface area (Å²) in [6.07, 6.45) is 7.09. The van der Waals surface area contributed by atoms with Crippen molar-refractivity contribution in [1.29, 1.82) is 0 Å². The maximum Gasteiger partial charge on any atom is 0.219 e. The normalized spacial score (nSPS) is 14.2. The van der Waals surface area contributed by atoms with Crippen LogP contribution in [0.3, 0.4) is 0 Å². The molecule has 1 amide bonds. The van der Waals surface area contributed by atoms with Crippen molar-refractivity contribution < 1.29 is 4.79 Å². The second-order valence-corrected chi connectivity index (χ2v) is 5.07. The van der Waals surface area contributed by atoms with Gasteiger partial charge in [0.15, 0.2) is 0 Å². The molecule has 104 valence electrons. The van der Waals surface area contributed by atoms with Crippen molar-refractivity contribution in [3.63, 3.8) is 0 Å². The van der Waals surface area contributed by atoms with Crippen LogP contribution in [0.5, 0.6) is 0 Å². The zero-order chi connectivity index (χ0) is 13.5. The number of carbonyl (C=O) groups is 1. The minimum absolute atomic E-state index is 0.122. The summed E-state index contributed by atoms with van der Waals surface area (Å²) in [5.74, 6) is 1.19. The minimum atomic E-state index is 0.122. The van der Waals surface area contributed by atoms with E-state index in [1.54, 1.807) is 7.05 Å². The molecule has 2 N–H and O–H groups in total. The number of hydrogen-bond donors (Lipinski definition) is 2. The molecule has 0 atom stereocenters. The Morgan fingerprint density at radius 3 is 3.11 bits per heavy atom. The molecular weight excluding hydrogens is 238 g/mol. The van der Waals surface area contributed by atoms with E-state index in [2.05, 4.69) is 22.8 Å². The quantitative estimate of drug-likeness (QED) is 0.800. The smallest absolute Gasteiger partial charge is 0.219 e. The Morgan fingerprint density at radius 2 is 2.26 bits per heavy atom. The highest BCUT2D eigenvalue weighted by atomic mass is 16.1. The fraction of sp³-hybridized carbons (Fsp3) is 0.600.